The minimum Gasteiger partial charge on any atom is -0.477 e. The van der Waals surface area contributed by atoms with Crippen molar-refractivity contribution in [3.8, 4) is 0 Å². The summed E-state index contributed by atoms with van der Waals surface area (Å²) in [7, 11) is 0. The van der Waals surface area contributed by atoms with Gasteiger partial charge in [0.2, 0.25) is 5.95 Å². The molecule has 1 aromatic heterocycles. The summed E-state index contributed by atoms with van der Waals surface area (Å²) in [6.07, 6.45) is 1.34. The minimum absolute atomic E-state index is 0.107. The monoisotopic (exact) mass is 233 g/mol. The Bertz CT molecular complexity index is 543. The Kier molecular flexibility index (Phi) is 2.95. The van der Waals surface area contributed by atoms with Crippen molar-refractivity contribution in [1.29, 1.82) is 0 Å². The van der Waals surface area contributed by atoms with E-state index in [1.807, 2.05) is 0 Å². The summed E-state index contributed by atoms with van der Waals surface area (Å²) in [5, 5.41) is 11.5. The predicted molar refractivity (Wildman–Crippen MR) is 58.7 cm³/mol. The standard InChI is InChI=1S/C11H8FN3O2/c12-7-1-3-8(4-2-7)14-11-13-6-5-9(15-11)10(16)17/h1-6H,(H,16,17)(H,13,14,15). The molecule has 0 bridgehead atoms. The van der Waals surface area contributed by atoms with Gasteiger partial charge in [-0.3, -0.25) is 0 Å². The number of nitrogens with zero attached hydrogens (tertiary/aromatic N) is 2. The molecule has 0 unspecified atom stereocenters. The zero-order valence-electron chi connectivity index (χ0n) is 8.59. The van der Waals surface area contributed by atoms with Gasteiger partial charge in [0.25, 0.3) is 0 Å². The molecule has 0 saturated carbocycles. The normalized spacial score (nSPS) is 9.94. The fraction of sp³-hybridized carbons (Fsp3) is 0. The first-order valence-electron chi connectivity index (χ1n) is 4.74. The number of hydrogen-bond donors (Lipinski definition) is 2. The molecule has 5 nitrogen and oxygen atoms in total. The largest absolute Gasteiger partial charge is 0.477 e. The molecule has 2 rings (SSSR count). The van der Waals surface area contributed by atoms with Crippen molar-refractivity contribution >= 4 is 17.6 Å². The van der Waals surface area contributed by atoms with E-state index >= 15 is 0 Å². The predicted octanol–water partition coefficient (Wildman–Crippen LogP) is 2.06. The topological polar surface area (TPSA) is 75.1 Å². The van der Waals surface area contributed by atoms with Gasteiger partial charge in [0, 0.05) is 11.9 Å². The van der Waals surface area contributed by atoms with Crippen molar-refractivity contribution in [3.63, 3.8) is 0 Å². The van der Waals surface area contributed by atoms with Crippen LogP contribution in [0, 0.1) is 5.82 Å². The first kappa shape index (κ1) is 11.0. The number of aromatic nitrogens is 2. The van der Waals surface area contributed by atoms with Crippen LogP contribution in [0.4, 0.5) is 16.0 Å². The van der Waals surface area contributed by atoms with Crippen molar-refractivity contribution in [2.24, 2.45) is 0 Å². The van der Waals surface area contributed by atoms with Gasteiger partial charge in [0.15, 0.2) is 5.69 Å². The number of anilines is 2. The molecule has 0 amide bonds. The van der Waals surface area contributed by atoms with Crippen LogP contribution in [0.5, 0.6) is 0 Å². The van der Waals surface area contributed by atoms with Crippen LogP contribution in [0.15, 0.2) is 36.5 Å². The zero-order chi connectivity index (χ0) is 12.3. The molecule has 1 heterocycles. The summed E-state index contributed by atoms with van der Waals surface area (Å²) >= 11 is 0. The Morgan fingerprint density at radius 2 is 1.94 bits per heavy atom. The third-order valence-corrected chi connectivity index (χ3v) is 1.98. The molecule has 2 N–H and O–H groups in total. The lowest BCUT2D eigenvalue weighted by molar-refractivity contribution is 0.0690. The number of halogens is 1. The van der Waals surface area contributed by atoms with Crippen LogP contribution in [-0.4, -0.2) is 21.0 Å². The highest BCUT2D eigenvalue weighted by molar-refractivity contribution is 5.85. The molecule has 1 aromatic carbocycles. The van der Waals surface area contributed by atoms with Gasteiger partial charge < -0.3 is 10.4 Å². The fourth-order valence-corrected chi connectivity index (χ4v) is 1.20. The molecule has 0 radical (unpaired) electrons. The number of carbonyl (C=O) groups is 1. The summed E-state index contributed by atoms with van der Waals surface area (Å²) in [6.45, 7) is 0. The molecule has 0 atom stereocenters. The number of aromatic carboxylic acids is 1. The SMILES string of the molecule is O=C(O)c1ccnc(Nc2ccc(F)cc2)n1. The number of carboxylic acid groups (broad SMARTS) is 1. The lowest BCUT2D eigenvalue weighted by Crippen LogP contribution is -2.04. The Hall–Kier alpha value is -2.50. The Morgan fingerprint density at radius 3 is 2.59 bits per heavy atom. The van der Waals surface area contributed by atoms with Gasteiger partial charge in [-0.1, -0.05) is 0 Å². The van der Waals surface area contributed by atoms with Crippen molar-refractivity contribution in [2.75, 3.05) is 5.32 Å². The third kappa shape index (κ3) is 2.75. The van der Waals surface area contributed by atoms with E-state index in [1.54, 1.807) is 0 Å². The van der Waals surface area contributed by atoms with E-state index in [0.29, 0.717) is 5.69 Å². The van der Waals surface area contributed by atoms with Gasteiger partial charge in [-0.25, -0.2) is 19.2 Å². The summed E-state index contributed by atoms with van der Waals surface area (Å²) in [5.74, 6) is -1.33. The first-order valence-corrected chi connectivity index (χ1v) is 4.74. The highest BCUT2D eigenvalue weighted by Gasteiger charge is 2.06. The van der Waals surface area contributed by atoms with E-state index in [2.05, 4.69) is 15.3 Å². The number of rotatable bonds is 3. The second-order valence-corrected chi connectivity index (χ2v) is 3.20. The molecule has 17 heavy (non-hydrogen) atoms. The highest BCUT2D eigenvalue weighted by atomic mass is 19.1. The molecular formula is C11H8FN3O2. The smallest absolute Gasteiger partial charge is 0.354 e. The molecule has 0 spiro atoms. The second kappa shape index (κ2) is 4.56. The third-order valence-electron chi connectivity index (χ3n) is 1.98. The van der Waals surface area contributed by atoms with E-state index in [-0.39, 0.29) is 17.5 Å². The molecule has 0 saturated heterocycles. The van der Waals surface area contributed by atoms with Gasteiger partial charge in [0.1, 0.15) is 5.82 Å². The maximum atomic E-state index is 12.7. The molecule has 0 aliphatic carbocycles. The van der Waals surface area contributed by atoms with Crippen LogP contribution < -0.4 is 5.32 Å². The summed E-state index contributed by atoms with van der Waals surface area (Å²) < 4.78 is 12.7. The second-order valence-electron chi connectivity index (χ2n) is 3.20. The molecule has 2 aromatic rings. The number of benzene rings is 1. The average molecular weight is 233 g/mol. The summed E-state index contributed by atoms with van der Waals surface area (Å²) in [6, 6.07) is 6.86. The quantitative estimate of drug-likeness (QED) is 0.848. The van der Waals surface area contributed by atoms with Crippen molar-refractivity contribution in [3.05, 3.63) is 48.0 Å². The van der Waals surface area contributed by atoms with Crippen LogP contribution in [0.25, 0.3) is 0 Å². The maximum Gasteiger partial charge on any atom is 0.354 e. The van der Waals surface area contributed by atoms with Gasteiger partial charge in [-0.15, -0.1) is 0 Å². The van der Waals surface area contributed by atoms with Gasteiger partial charge in [-0.05, 0) is 30.3 Å². The van der Waals surface area contributed by atoms with Gasteiger partial charge in [-0.2, -0.15) is 0 Å². The lowest BCUT2D eigenvalue weighted by Gasteiger charge is -2.04. The molecule has 0 aliphatic rings. The molecule has 0 aliphatic heterocycles. The number of carboxylic acids is 1. The molecule has 6 heteroatoms. The number of hydrogen-bond acceptors (Lipinski definition) is 4. The summed E-state index contributed by atoms with van der Waals surface area (Å²) in [4.78, 5) is 18.3. The number of nitrogens with one attached hydrogen (secondary N) is 1. The highest BCUT2D eigenvalue weighted by Crippen LogP contribution is 2.13. The van der Waals surface area contributed by atoms with Crippen LogP contribution in [0.1, 0.15) is 10.5 Å². The molecule has 86 valence electrons. The Labute approximate surface area is 96.0 Å². The molecular weight excluding hydrogens is 225 g/mol. The van der Waals surface area contributed by atoms with Gasteiger partial charge >= 0.3 is 5.97 Å². The van der Waals surface area contributed by atoms with E-state index in [0.717, 1.165) is 0 Å². The lowest BCUT2D eigenvalue weighted by atomic mass is 10.3. The van der Waals surface area contributed by atoms with Gasteiger partial charge in [0.05, 0.1) is 0 Å². The van der Waals surface area contributed by atoms with Crippen LogP contribution in [0.3, 0.4) is 0 Å². The van der Waals surface area contributed by atoms with Crippen molar-refractivity contribution < 1.29 is 14.3 Å². The van der Waals surface area contributed by atoms with E-state index < -0.39 is 5.97 Å². The molecule has 0 fully saturated rings. The van der Waals surface area contributed by atoms with E-state index in [9.17, 15) is 9.18 Å². The summed E-state index contributed by atoms with van der Waals surface area (Å²) in [5.41, 5.74) is 0.471. The van der Waals surface area contributed by atoms with Crippen molar-refractivity contribution in [2.45, 2.75) is 0 Å². The minimum atomic E-state index is -1.13. The van der Waals surface area contributed by atoms with Crippen molar-refractivity contribution in [1.82, 2.24) is 9.97 Å². The fourth-order valence-electron chi connectivity index (χ4n) is 1.20. The zero-order valence-corrected chi connectivity index (χ0v) is 8.59. The van der Waals surface area contributed by atoms with E-state index in [4.69, 9.17) is 5.11 Å². The average Bonchev–Trinajstić information content (AvgIpc) is 2.32. The van der Waals surface area contributed by atoms with Crippen LogP contribution >= 0.6 is 0 Å². The first-order chi connectivity index (χ1) is 8.15. The van der Waals surface area contributed by atoms with E-state index in [1.165, 1.54) is 36.5 Å². The van der Waals surface area contributed by atoms with Crippen LogP contribution in [-0.2, 0) is 0 Å². The Balaban J connectivity index is 2.21. The van der Waals surface area contributed by atoms with Crippen LogP contribution in [0.2, 0.25) is 0 Å². The Morgan fingerprint density at radius 1 is 1.24 bits per heavy atom. The maximum absolute atomic E-state index is 12.7.